The molecule has 0 amide bonds. The number of piperazine rings is 1. The lowest BCUT2D eigenvalue weighted by Crippen LogP contribution is -2.66. The Morgan fingerprint density at radius 2 is 1.00 bits per heavy atom. The van der Waals surface area contributed by atoms with Crippen LogP contribution in [0.5, 0.6) is 23.0 Å². The van der Waals surface area contributed by atoms with Gasteiger partial charge in [0, 0.05) is 36.3 Å². The van der Waals surface area contributed by atoms with Crippen molar-refractivity contribution in [1.82, 2.24) is 0 Å². The minimum atomic E-state index is 0.212. The molecule has 3 saturated heterocycles. The van der Waals surface area contributed by atoms with Crippen LogP contribution >= 0.6 is 0 Å². The van der Waals surface area contributed by atoms with Crippen molar-refractivity contribution in [3.8, 4) is 23.0 Å². The van der Waals surface area contributed by atoms with Gasteiger partial charge in [0.25, 0.3) is 0 Å². The van der Waals surface area contributed by atoms with Gasteiger partial charge in [-0.2, -0.15) is 0 Å². The fourth-order valence-corrected chi connectivity index (χ4v) is 5.39. The smallest absolute Gasteiger partial charge is 0.146 e. The van der Waals surface area contributed by atoms with Gasteiger partial charge in [-0.3, -0.25) is 0 Å². The summed E-state index contributed by atoms with van der Waals surface area (Å²) in [7, 11) is 0. The molecule has 3 aliphatic heterocycles. The molecule has 3 fully saturated rings. The molecule has 3 heterocycles. The Morgan fingerprint density at radius 3 is 1.32 bits per heavy atom. The summed E-state index contributed by atoms with van der Waals surface area (Å²) < 4.78 is 34.7. The minimum Gasteiger partial charge on any atom is -0.492 e. The topological polar surface area (TPSA) is 68.5 Å². The van der Waals surface area contributed by atoms with Crippen LogP contribution in [0.1, 0.15) is 41.5 Å². The van der Waals surface area contributed by atoms with Crippen molar-refractivity contribution in [1.29, 1.82) is 0 Å². The molecule has 0 saturated carbocycles. The summed E-state index contributed by atoms with van der Waals surface area (Å²) in [6.07, 6.45) is 0.434. The second-order valence-corrected chi connectivity index (χ2v) is 10.4. The van der Waals surface area contributed by atoms with Gasteiger partial charge in [-0.25, -0.2) is 0 Å². The molecule has 8 nitrogen and oxygen atoms in total. The number of benzene rings is 2. The first kappa shape index (κ1) is 26.8. The van der Waals surface area contributed by atoms with Gasteiger partial charge in [-0.1, -0.05) is 0 Å². The van der Waals surface area contributed by atoms with Crippen LogP contribution in [0.15, 0.2) is 36.4 Å². The van der Waals surface area contributed by atoms with E-state index in [1.54, 1.807) is 0 Å². The number of epoxide rings is 2. The first-order valence-corrected chi connectivity index (χ1v) is 14.0. The highest BCUT2D eigenvalue weighted by Gasteiger charge is 2.42. The zero-order valence-corrected chi connectivity index (χ0v) is 23.5. The largest absolute Gasteiger partial charge is 0.492 e. The number of nitrogens with zero attached hydrogens (tertiary/aromatic N) is 2. The second-order valence-electron chi connectivity index (χ2n) is 10.4. The molecule has 0 aliphatic carbocycles. The first-order chi connectivity index (χ1) is 18.4. The highest BCUT2D eigenvalue weighted by atomic mass is 16.6. The van der Waals surface area contributed by atoms with Crippen molar-refractivity contribution < 1.29 is 28.4 Å². The Kier molecular flexibility index (Phi) is 8.09. The second kappa shape index (κ2) is 11.5. The number of hydrogen-bond donors (Lipinski definition) is 0. The lowest BCUT2D eigenvalue weighted by molar-refractivity contribution is 0.260. The van der Waals surface area contributed by atoms with Crippen molar-refractivity contribution in [3.05, 3.63) is 36.4 Å². The third kappa shape index (κ3) is 5.76. The average Bonchev–Trinajstić information content (AvgIpc) is 3.83. The Morgan fingerprint density at radius 1 is 0.632 bits per heavy atom. The Hall–Kier alpha value is -2.84. The molecule has 0 spiro atoms. The molecule has 8 heteroatoms. The summed E-state index contributed by atoms with van der Waals surface area (Å²) in [6, 6.07) is 13.2. The lowest BCUT2D eigenvalue weighted by Gasteiger charge is -2.55. The Balaban J connectivity index is 1.40. The van der Waals surface area contributed by atoms with Crippen LogP contribution in [-0.2, 0) is 9.47 Å². The number of ether oxygens (including phenoxy) is 6. The van der Waals surface area contributed by atoms with Crippen LogP contribution < -0.4 is 28.7 Å². The van der Waals surface area contributed by atoms with Gasteiger partial charge in [-0.15, -0.1) is 0 Å². The lowest BCUT2D eigenvalue weighted by atomic mass is 9.92. The van der Waals surface area contributed by atoms with Crippen LogP contribution in [0.2, 0.25) is 0 Å². The summed E-state index contributed by atoms with van der Waals surface area (Å²) in [6.45, 7) is 17.1. The van der Waals surface area contributed by atoms with Gasteiger partial charge >= 0.3 is 0 Å². The highest BCUT2D eigenvalue weighted by molar-refractivity contribution is 5.67. The van der Waals surface area contributed by atoms with Crippen LogP contribution in [-0.4, -0.2) is 76.0 Å². The third-order valence-corrected chi connectivity index (χ3v) is 7.85. The maximum atomic E-state index is 6.13. The van der Waals surface area contributed by atoms with Gasteiger partial charge in [-0.05, 0) is 65.8 Å². The van der Waals surface area contributed by atoms with E-state index in [1.807, 2.05) is 38.1 Å². The first-order valence-electron chi connectivity index (χ1n) is 14.0. The summed E-state index contributed by atoms with van der Waals surface area (Å²) in [5, 5.41) is 0. The molecule has 38 heavy (non-hydrogen) atoms. The summed E-state index contributed by atoms with van der Waals surface area (Å²) in [5.41, 5.74) is 2.19. The van der Waals surface area contributed by atoms with E-state index in [1.165, 1.54) is 0 Å². The average molecular weight is 527 g/mol. The van der Waals surface area contributed by atoms with Gasteiger partial charge in [0.1, 0.15) is 48.4 Å². The van der Waals surface area contributed by atoms with Gasteiger partial charge < -0.3 is 38.2 Å². The van der Waals surface area contributed by atoms with Crippen LogP contribution in [0.3, 0.4) is 0 Å². The molecule has 208 valence electrons. The third-order valence-electron chi connectivity index (χ3n) is 7.85. The molecule has 5 rings (SSSR count). The van der Waals surface area contributed by atoms with Gasteiger partial charge in [0.05, 0.1) is 37.8 Å². The monoisotopic (exact) mass is 526 g/mol. The van der Waals surface area contributed by atoms with E-state index in [-0.39, 0.29) is 36.4 Å². The summed E-state index contributed by atoms with van der Waals surface area (Å²) >= 11 is 0. The molecule has 6 unspecified atom stereocenters. The molecule has 2 aromatic carbocycles. The van der Waals surface area contributed by atoms with Gasteiger partial charge in [0.15, 0.2) is 0 Å². The van der Waals surface area contributed by atoms with Crippen molar-refractivity contribution in [2.45, 2.75) is 77.9 Å². The number of hydrogen-bond acceptors (Lipinski definition) is 8. The van der Waals surface area contributed by atoms with Crippen molar-refractivity contribution in [3.63, 3.8) is 0 Å². The maximum Gasteiger partial charge on any atom is 0.146 e. The predicted molar refractivity (Wildman–Crippen MR) is 148 cm³/mol. The van der Waals surface area contributed by atoms with Crippen molar-refractivity contribution in [2.75, 3.05) is 49.4 Å². The van der Waals surface area contributed by atoms with E-state index in [0.29, 0.717) is 26.4 Å². The van der Waals surface area contributed by atoms with Crippen LogP contribution in [0, 0.1) is 0 Å². The minimum absolute atomic E-state index is 0.212. The fourth-order valence-electron chi connectivity index (χ4n) is 5.39. The fraction of sp³-hybridized carbons (Fsp3) is 0.600. The van der Waals surface area contributed by atoms with Crippen molar-refractivity contribution in [2.24, 2.45) is 0 Å². The standard InChI is InChI=1S/C30H42N2O6/c1-7-33-29-13-23(35-15-25-17-37-25)9-11-27(29)31-19(3)21(5)32(22(6)20(31)4)28-12-10-24(14-30(28)34-8-2)36-16-26-18-38-26/h9-14,19-22,25-26H,7-8,15-18H2,1-6H3. The zero-order valence-electron chi connectivity index (χ0n) is 23.5. The van der Waals surface area contributed by atoms with Crippen LogP contribution in [0.4, 0.5) is 11.4 Å². The molecule has 6 atom stereocenters. The molecule has 2 aromatic rings. The van der Waals surface area contributed by atoms with Crippen molar-refractivity contribution >= 4 is 11.4 Å². The molecule has 0 N–H and O–H groups in total. The quantitative estimate of drug-likeness (QED) is 0.361. The van der Waals surface area contributed by atoms with E-state index in [2.05, 4.69) is 49.6 Å². The van der Waals surface area contributed by atoms with E-state index in [0.717, 1.165) is 47.6 Å². The van der Waals surface area contributed by atoms with E-state index >= 15 is 0 Å². The normalized spacial score (nSPS) is 28.2. The predicted octanol–water partition coefficient (Wildman–Crippen LogP) is 4.92. The maximum absolute atomic E-state index is 6.13. The Labute approximate surface area is 226 Å². The van der Waals surface area contributed by atoms with E-state index in [4.69, 9.17) is 28.4 Å². The SMILES string of the molecule is CCOc1cc(OCC2CO2)ccc1N1C(C)C(C)N(c2ccc(OCC3CO3)cc2OCC)C(C)C1C. The number of anilines is 2. The van der Waals surface area contributed by atoms with E-state index < -0.39 is 0 Å². The Bertz CT molecular complexity index is 987. The summed E-state index contributed by atoms with van der Waals surface area (Å²) in [5.74, 6) is 3.32. The summed E-state index contributed by atoms with van der Waals surface area (Å²) in [4.78, 5) is 5.00. The highest BCUT2D eigenvalue weighted by Crippen LogP contribution is 2.43. The zero-order chi connectivity index (χ0) is 26.8. The molecule has 0 bridgehead atoms. The van der Waals surface area contributed by atoms with Gasteiger partial charge in [0.2, 0.25) is 0 Å². The van der Waals surface area contributed by atoms with E-state index in [9.17, 15) is 0 Å². The molecular weight excluding hydrogens is 484 g/mol. The molecule has 0 aromatic heterocycles. The van der Waals surface area contributed by atoms with Crippen LogP contribution in [0.25, 0.3) is 0 Å². The molecule has 3 aliphatic rings. The molecular formula is C30H42N2O6. The number of rotatable bonds is 12. The molecule has 0 radical (unpaired) electrons.